The molecule has 7 nitrogen and oxygen atoms in total. The molecule has 0 radical (unpaired) electrons. The third kappa shape index (κ3) is 7.23. The van der Waals surface area contributed by atoms with Crippen LogP contribution in [-0.2, 0) is 26.2 Å². The van der Waals surface area contributed by atoms with Crippen LogP contribution in [0.5, 0.6) is 0 Å². The highest BCUT2D eigenvalue weighted by molar-refractivity contribution is 7.92. The normalized spacial score (nSPS) is 12.2. The van der Waals surface area contributed by atoms with Gasteiger partial charge in [0.25, 0.3) is 10.0 Å². The maximum atomic E-state index is 15.0. The average Bonchev–Trinajstić information content (AvgIpc) is 2.88. The number of para-hydroxylation sites is 1. The summed E-state index contributed by atoms with van der Waals surface area (Å²) in [7, 11) is -4.33. The van der Waals surface area contributed by atoms with Gasteiger partial charge in [-0.25, -0.2) is 12.8 Å². The standard InChI is InChI=1S/C30H36FN3O4S/c1-6-27(30(36)32-21(2)3)33(19-24-12-8-7-11-23(24)5)29(35)20-34(28-14-10-9-13-26(28)31)39(37,38)25-17-15-22(4)16-18-25/h7-18,21,27H,6,19-20H2,1-5H3,(H,32,36). The summed E-state index contributed by atoms with van der Waals surface area (Å²) >= 11 is 0. The molecule has 0 aromatic heterocycles. The number of anilines is 1. The molecule has 0 saturated carbocycles. The molecule has 1 N–H and O–H groups in total. The van der Waals surface area contributed by atoms with Crippen LogP contribution < -0.4 is 9.62 Å². The van der Waals surface area contributed by atoms with Crippen LogP contribution in [0.4, 0.5) is 10.1 Å². The van der Waals surface area contributed by atoms with Crippen LogP contribution in [0.1, 0.15) is 43.9 Å². The van der Waals surface area contributed by atoms with Crippen molar-refractivity contribution in [1.29, 1.82) is 0 Å². The first-order valence-electron chi connectivity index (χ1n) is 12.9. The number of sulfonamides is 1. The molecule has 0 fully saturated rings. The van der Waals surface area contributed by atoms with Gasteiger partial charge in [0.2, 0.25) is 11.8 Å². The Kier molecular flexibility index (Phi) is 9.86. The Hall–Kier alpha value is -3.72. The van der Waals surface area contributed by atoms with Gasteiger partial charge in [-0.1, -0.05) is 61.0 Å². The van der Waals surface area contributed by atoms with Gasteiger partial charge in [-0.15, -0.1) is 0 Å². The van der Waals surface area contributed by atoms with Gasteiger partial charge in [-0.2, -0.15) is 0 Å². The number of halogens is 1. The molecule has 0 saturated heterocycles. The van der Waals surface area contributed by atoms with E-state index in [0.29, 0.717) is 6.42 Å². The smallest absolute Gasteiger partial charge is 0.264 e. The van der Waals surface area contributed by atoms with Crippen LogP contribution in [0.25, 0.3) is 0 Å². The second kappa shape index (κ2) is 12.9. The van der Waals surface area contributed by atoms with Gasteiger partial charge in [0.15, 0.2) is 0 Å². The Labute approximate surface area is 230 Å². The minimum Gasteiger partial charge on any atom is -0.352 e. The average molecular weight is 554 g/mol. The summed E-state index contributed by atoms with van der Waals surface area (Å²) in [6.45, 7) is 8.57. The predicted octanol–water partition coefficient (Wildman–Crippen LogP) is 4.97. The summed E-state index contributed by atoms with van der Waals surface area (Å²) in [4.78, 5) is 28.5. The topological polar surface area (TPSA) is 86.8 Å². The molecule has 0 aliphatic carbocycles. The molecule has 3 rings (SSSR count). The second-order valence-electron chi connectivity index (χ2n) is 9.81. The van der Waals surface area contributed by atoms with Crippen molar-refractivity contribution in [2.24, 2.45) is 0 Å². The minimum absolute atomic E-state index is 0.0702. The van der Waals surface area contributed by atoms with E-state index in [1.165, 1.54) is 35.2 Å². The number of benzene rings is 3. The Morgan fingerprint density at radius 2 is 1.54 bits per heavy atom. The lowest BCUT2D eigenvalue weighted by atomic mass is 10.1. The lowest BCUT2D eigenvalue weighted by Crippen LogP contribution is -2.53. The molecule has 9 heteroatoms. The highest BCUT2D eigenvalue weighted by atomic mass is 32.2. The molecule has 1 unspecified atom stereocenters. The van der Waals surface area contributed by atoms with Gasteiger partial charge in [0.1, 0.15) is 18.4 Å². The molecular weight excluding hydrogens is 517 g/mol. The molecular formula is C30H36FN3O4S. The third-order valence-electron chi connectivity index (χ3n) is 6.43. The van der Waals surface area contributed by atoms with E-state index in [1.54, 1.807) is 19.1 Å². The number of rotatable bonds is 11. The van der Waals surface area contributed by atoms with E-state index >= 15 is 4.39 Å². The number of hydrogen-bond donors (Lipinski definition) is 1. The van der Waals surface area contributed by atoms with Gasteiger partial charge in [-0.3, -0.25) is 13.9 Å². The van der Waals surface area contributed by atoms with Crippen LogP contribution in [0.2, 0.25) is 0 Å². The van der Waals surface area contributed by atoms with Gasteiger partial charge < -0.3 is 10.2 Å². The first-order valence-corrected chi connectivity index (χ1v) is 14.4. The van der Waals surface area contributed by atoms with Crippen molar-refractivity contribution in [2.45, 2.75) is 64.6 Å². The first kappa shape index (κ1) is 29.8. The van der Waals surface area contributed by atoms with E-state index in [-0.39, 0.29) is 29.1 Å². The Bertz CT molecular complexity index is 1410. The van der Waals surface area contributed by atoms with Crippen LogP contribution in [-0.4, -0.2) is 43.8 Å². The summed E-state index contributed by atoms with van der Waals surface area (Å²) in [6.07, 6.45) is 0.306. The van der Waals surface area contributed by atoms with Crippen LogP contribution in [0.3, 0.4) is 0 Å². The minimum atomic E-state index is -4.33. The summed E-state index contributed by atoms with van der Waals surface area (Å²) in [6, 6.07) is 18.0. The van der Waals surface area contributed by atoms with E-state index in [2.05, 4.69) is 5.32 Å². The van der Waals surface area contributed by atoms with Gasteiger partial charge in [0.05, 0.1) is 10.6 Å². The zero-order chi connectivity index (χ0) is 28.7. The molecule has 0 heterocycles. The largest absolute Gasteiger partial charge is 0.352 e. The summed E-state index contributed by atoms with van der Waals surface area (Å²) in [5, 5.41) is 2.86. The number of nitrogens with one attached hydrogen (secondary N) is 1. The number of amides is 2. The van der Waals surface area contributed by atoms with Crippen molar-refractivity contribution in [3.63, 3.8) is 0 Å². The van der Waals surface area contributed by atoms with Gasteiger partial charge >= 0.3 is 0 Å². The summed E-state index contributed by atoms with van der Waals surface area (Å²) in [5.41, 5.74) is 2.35. The SMILES string of the molecule is CCC(C(=O)NC(C)C)N(Cc1ccccc1C)C(=O)CN(c1ccccc1F)S(=O)(=O)c1ccc(C)cc1. The highest BCUT2D eigenvalue weighted by Gasteiger charge is 2.34. The van der Waals surface area contributed by atoms with Crippen molar-refractivity contribution in [2.75, 3.05) is 10.8 Å². The Morgan fingerprint density at radius 1 is 0.923 bits per heavy atom. The van der Waals surface area contributed by atoms with E-state index in [0.717, 1.165) is 27.1 Å². The van der Waals surface area contributed by atoms with E-state index in [1.807, 2.05) is 52.0 Å². The van der Waals surface area contributed by atoms with Crippen molar-refractivity contribution < 1.29 is 22.4 Å². The maximum Gasteiger partial charge on any atom is 0.264 e. The quantitative estimate of drug-likeness (QED) is 0.363. The molecule has 0 spiro atoms. The van der Waals surface area contributed by atoms with Crippen molar-refractivity contribution in [3.8, 4) is 0 Å². The number of nitrogens with zero attached hydrogens (tertiary/aromatic N) is 2. The maximum absolute atomic E-state index is 15.0. The van der Waals surface area contributed by atoms with Crippen molar-refractivity contribution in [3.05, 3.63) is 95.3 Å². The number of hydrogen-bond acceptors (Lipinski definition) is 4. The van der Waals surface area contributed by atoms with Crippen LogP contribution in [0, 0.1) is 19.7 Å². The number of carbonyl (C=O) groups is 2. The molecule has 0 aliphatic heterocycles. The Balaban J connectivity index is 2.09. The van der Waals surface area contributed by atoms with Crippen LogP contribution >= 0.6 is 0 Å². The van der Waals surface area contributed by atoms with E-state index in [4.69, 9.17) is 0 Å². The van der Waals surface area contributed by atoms with E-state index < -0.39 is 34.3 Å². The number of aryl methyl sites for hydroxylation is 2. The fraction of sp³-hybridized carbons (Fsp3) is 0.333. The first-order chi connectivity index (χ1) is 18.4. The molecule has 2 amide bonds. The highest BCUT2D eigenvalue weighted by Crippen LogP contribution is 2.27. The van der Waals surface area contributed by atoms with E-state index in [9.17, 15) is 18.0 Å². The van der Waals surface area contributed by atoms with Crippen molar-refractivity contribution in [1.82, 2.24) is 10.2 Å². The fourth-order valence-electron chi connectivity index (χ4n) is 4.28. The fourth-order valence-corrected chi connectivity index (χ4v) is 5.70. The zero-order valence-electron chi connectivity index (χ0n) is 23.0. The van der Waals surface area contributed by atoms with Crippen LogP contribution in [0.15, 0.2) is 77.7 Å². The van der Waals surface area contributed by atoms with Crippen molar-refractivity contribution >= 4 is 27.5 Å². The predicted molar refractivity (Wildman–Crippen MR) is 151 cm³/mol. The molecule has 0 aliphatic rings. The third-order valence-corrected chi connectivity index (χ3v) is 8.20. The molecule has 39 heavy (non-hydrogen) atoms. The molecule has 1 atom stereocenters. The summed E-state index contributed by atoms with van der Waals surface area (Å²) in [5.74, 6) is -1.74. The monoisotopic (exact) mass is 553 g/mol. The second-order valence-corrected chi connectivity index (χ2v) is 11.7. The molecule has 208 valence electrons. The van der Waals surface area contributed by atoms with Gasteiger partial charge in [0, 0.05) is 12.6 Å². The Morgan fingerprint density at radius 3 is 2.13 bits per heavy atom. The lowest BCUT2D eigenvalue weighted by Gasteiger charge is -2.34. The lowest BCUT2D eigenvalue weighted by molar-refractivity contribution is -0.140. The zero-order valence-corrected chi connectivity index (χ0v) is 23.8. The molecule has 3 aromatic rings. The molecule has 0 bridgehead atoms. The molecule has 3 aromatic carbocycles. The summed E-state index contributed by atoms with van der Waals surface area (Å²) < 4.78 is 43.4. The van der Waals surface area contributed by atoms with Gasteiger partial charge in [-0.05, 0) is 69.5 Å². The number of carbonyl (C=O) groups excluding carboxylic acids is 2.